The summed E-state index contributed by atoms with van der Waals surface area (Å²) in [5.74, 6) is -0.483. The van der Waals surface area contributed by atoms with Crippen LogP contribution in [0.2, 0.25) is 0 Å². The summed E-state index contributed by atoms with van der Waals surface area (Å²) in [6, 6.07) is 9.57. The molecule has 0 unspecified atom stereocenters. The largest absolute Gasteiger partial charge is 0.487 e. The second-order valence-corrected chi connectivity index (χ2v) is 6.04. The van der Waals surface area contributed by atoms with Crippen LogP contribution in [-0.2, 0) is 13.0 Å². The number of hydrogen-bond donors (Lipinski definition) is 1. The summed E-state index contributed by atoms with van der Waals surface area (Å²) in [4.78, 5) is 12.4. The standard InChI is InChI=1S/C14H13BrO3S/c1-2-11-7-12(13(19-11)14(16)17)18-8-9-4-3-5-10(15)6-9/h3-7H,2,8H2,1H3,(H,16,17). The van der Waals surface area contributed by atoms with Crippen molar-refractivity contribution in [1.82, 2.24) is 0 Å². The molecule has 5 heteroatoms. The van der Waals surface area contributed by atoms with Crippen molar-refractivity contribution in [3.05, 3.63) is 50.1 Å². The molecular weight excluding hydrogens is 328 g/mol. The van der Waals surface area contributed by atoms with Gasteiger partial charge in [0.05, 0.1) is 0 Å². The van der Waals surface area contributed by atoms with Crippen molar-refractivity contribution in [3.8, 4) is 5.75 Å². The second kappa shape index (κ2) is 6.21. The van der Waals surface area contributed by atoms with Gasteiger partial charge in [-0.15, -0.1) is 11.3 Å². The smallest absolute Gasteiger partial charge is 0.349 e. The lowest BCUT2D eigenvalue weighted by molar-refractivity contribution is 0.0697. The van der Waals surface area contributed by atoms with Crippen molar-refractivity contribution in [2.75, 3.05) is 0 Å². The van der Waals surface area contributed by atoms with E-state index in [1.807, 2.05) is 37.3 Å². The van der Waals surface area contributed by atoms with Gasteiger partial charge in [0.1, 0.15) is 12.4 Å². The predicted octanol–water partition coefficient (Wildman–Crippen LogP) is 4.35. The van der Waals surface area contributed by atoms with Crippen LogP contribution in [0.3, 0.4) is 0 Å². The number of carboxylic acid groups (broad SMARTS) is 1. The highest BCUT2D eigenvalue weighted by Gasteiger charge is 2.16. The molecule has 2 aromatic rings. The molecule has 0 amide bonds. The van der Waals surface area contributed by atoms with Crippen LogP contribution in [-0.4, -0.2) is 11.1 Å². The molecule has 0 aliphatic carbocycles. The Hall–Kier alpha value is -1.33. The van der Waals surface area contributed by atoms with E-state index in [2.05, 4.69) is 15.9 Å². The highest BCUT2D eigenvalue weighted by atomic mass is 79.9. The quantitative estimate of drug-likeness (QED) is 0.879. The average Bonchev–Trinajstić information content (AvgIpc) is 2.80. The van der Waals surface area contributed by atoms with Crippen LogP contribution in [0.5, 0.6) is 5.75 Å². The van der Waals surface area contributed by atoms with E-state index < -0.39 is 5.97 Å². The number of hydrogen-bond acceptors (Lipinski definition) is 3. The van der Waals surface area contributed by atoms with Crippen molar-refractivity contribution in [1.29, 1.82) is 0 Å². The Balaban J connectivity index is 2.14. The molecule has 100 valence electrons. The molecular formula is C14H13BrO3S. The zero-order chi connectivity index (χ0) is 13.8. The molecule has 0 radical (unpaired) electrons. The van der Waals surface area contributed by atoms with Crippen LogP contribution in [0.4, 0.5) is 0 Å². The SMILES string of the molecule is CCc1cc(OCc2cccc(Br)c2)c(C(=O)O)s1. The molecule has 1 aromatic carbocycles. The maximum Gasteiger partial charge on any atom is 0.349 e. The summed E-state index contributed by atoms with van der Waals surface area (Å²) in [5, 5.41) is 9.14. The van der Waals surface area contributed by atoms with E-state index in [1.165, 1.54) is 11.3 Å². The zero-order valence-corrected chi connectivity index (χ0v) is 12.8. The van der Waals surface area contributed by atoms with Crippen molar-refractivity contribution in [2.45, 2.75) is 20.0 Å². The third-order valence-corrected chi connectivity index (χ3v) is 4.32. The first-order valence-electron chi connectivity index (χ1n) is 5.83. The molecule has 1 aromatic heterocycles. The van der Waals surface area contributed by atoms with Crippen molar-refractivity contribution < 1.29 is 14.6 Å². The fraction of sp³-hybridized carbons (Fsp3) is 0.214. The Morgan fingerprint density at radius 2 is 2.21 bits per heavy atom. The first-order valence-corrected chi connectivity index (χ1v) is 7.44. The molecule has 3 nitrogen and oxygen atoms in total. The van der Waals surface area contributed by atoms with Crippen molar-refractivity contribution >= 4 is 33.2 Å². The van der Waals surface area contributed by atoms with E-state index in [0.29, 0.717) is 12.4 Å². The number of aryl methyl sites for hydroxylation is 1. The van der Waals surface area contributed by atoms with Crippen LogP contribution in [0, 0.1) is 0 Å². The second-order valence-electron chi connectivity index (χ2n) is 3.98. The first-order chi connectivity index (χ1) is 9.10. The molecule has 0 bridgehead atoms. The summed E-state index contributed by atoms with van der Waals surface area (Å²) < 4.78 is 6.61. The number of benzene rings is 1. The minimum absolute atomic E-state index is 0.270. The van der Waals surface area contributed by atoms with Gasteiger partial charge in [-0.1, -0.05) is 35.0 Å². The fourth-order valence-electron chi connectivity index (χ4n) is 1.64. The van der Waals surface area contributed by atoms with Gasteiger partial charge < -0.3 is 9.84 Å². The summed E-state index contributed by atoms with van der Waals surface area (Å²) in [7, 11) is 0. The summed E-state index contributed by atoms with van der Waals surface area (Å²) >= 11 is 4.67. The Labute approximate surface area is 124 Å². The monoisotopic (exact) mass is 340 g/mol. The molecule has 19 heavy (non-hydrogen) atoms. The van der Waals surface area contributed by atoms with Gasteiger partial charge in [0.2, 0.25) is 0 Å². The summed E-state index contributed by atoms with van der Waals surface area (Å²) in [5.41, 5.74) is 0.995. The van der Waals surface area contributed by atoms with E-state index in [4.69, 9.17) is 9.84 Å². The van der Waals surface area contributed by atoms with E-state index in [1.54, 1.807) is 0 Å². The molecule has 1 heterocycles. The van der Waals surface area contributed by atoms with Gasteiger partial charge in [-0.25, -0.2) is 4.79 Å². The predicted molar refractivity (Wildman–Crippen MR) is 79.1 cm³/mol. The molecule has 0 saturated heterocycles. The first kappa shape index (κ1) is 14.1. The van der Waals surface area contributed by atoms with Crippen LogP contribution < -0.4 is 4.74 Å². The van der Waals surface area contributed by atoms with Gasteiger partial charge >= 0.3 is 5.97 Å². The molecule has 0 aliphatic heterocycles. The van der Waals surface area contributed by atoms with Gasteiger partial charge in [-0.05, 0) is 30.2 Å². The molecule has 0 saturated carbocycles. The molecule has 1 N–H and O–H groups in total. The van der Waals surface area contributed by atoms with Gasteiger partial charge in [0.25, 0.3) is 0 Å². The maximum atomic E-state index is 11.1. The number of carboxylic acids is 1. The number of carbonyl (C=O) groups is 1. The third kappa shape index (κ3) is 3.58. The Bertz CT molecular complexity index is 592. The van der Waals surface area contributed by atoms with Gasteiger partial charge in [0.15, 0.2) is 4.88 Å². The fourth-order valence-corrected chi connectivity index (χ4v) is 2.97. The van der Waals surface area contributed by atoms with Crippen LogP contribution in [0.25, 0.3) is 0 Å². The number of ether oxygens (including phenoxy) is 1. The molecule has 0 atom stereocenters. The molecule has 0 fully saturated rings. The van der Waals surface area contributed by atoms with Crippen LogP contribution >= 0.6 is 27.3 Å². The summed E-state index contributed by atoms with van der Waals surface area (Å²) in [6.07, 6.45) is 0.811. The molecule has 0 aliphatic rings. The highest BCUT2D eigenvalue weighted by Crippen LogP contribution is 2.30. The third-order valence-electron chi connectivity index (χ3n) is 2.58. The van der Waals surface area contributed by atoms with E-state index >= 15 is 0 Å². The summed E-state index contributed by atoms with van der Waals surface area (Å²) in [6.45, 7) is 2.36. The minimum atomic E-state index is -0.936. The lowest BCUT2D eigenvalue weighted by Gasteiger charge is -2.05. The average molecular weight is 341 g/mol. The topological polar surface area (TPSA) is 46.5 Å². The Kier molecular flexibility index (Phi) is 4.61. The minimum Gasteiger partial charge on any atom is -0.487 e. The Morgan fingerprint density at radius 1 is 1.42 bits per heavy atom. The lowest BCUT2D eigenvalue weighted by atomic mass is 10.2. The number of aromatic carboxylic acids is 1. The van der Waals surface area contributed by atoms with Gasteiger partial charge in [-0.2, -0.15) is 0 Å². The van der Waals surface area contributed by atoms with E-state index in [0.717, 1.165) is 21.3 Å². The molecule has 2 rings (SSSR count). The lowest BCUT2D eigenvalue weighted by Crippen LogP contribution is -2.00. The number of rotatable bonds is 5. The zero-order valence-electron chi connectivity index (χ0n) is 10.4. The van der Waals surface area contributed by atoms with Crippen LogP contribution in [0.1, 0.15) is 27.0 Å². The van der Waals surface area contributed by atoms with E-state index in [9.17, 15) is 4.79 Å². The van der Waals surface area contributed by atoms with E-state index in [-0.39, 0.29) is 4.88 Å². The van der Waals surface area contributed by atoms with Crippen molar-refractivity contribution in [3.63, 3.8) is 0 Å². The highest BCUT2D eigenvalue weighted by molar-refractivity contribution is 9.10. The Morgan fingerprint density at radius 3 is 2.84 bits per heavy atom. The normalized spacial score (nSPS) is 10.4. The number of halogens is 1. The van der Waals surface area contributed by atoms with Crippen LogP contribution in [0.15, 0.2) is 34.8 Å². The maximum absolute atomic E-state index is 11.1. The number of thiophene rings is 1. The van der Waals surface area contributed by atoms with Gasteiger partial charge in [-0.3, -0.25) is 0 Å². The van der Waals surface area contributed by atoms with Crippen molar-refractivity contribution in [2.24, 2.45) is 0 Å². The van der Waals surface area contributed by atoms with Gasteiger partial charge in [0, 0.05) is 9.35 Å². The molecule has 0 spiro atoms.